The molecule has 1 amide bonds. The fourth-order valence-electron chi connectivity index (χ4n) is 1.85. The molecule has 2 rings (SSSR count). The highest BCUT2D eigenvalue weighted by molar-refractivity contribution is 7.98. The molecule has 0 unspecified atom stereocenters. The predicted octanol–water partition coefficient (Wildman–Crippen LogP) is 3.03. The van der Waals surface area contributed by atoms with Gasteiger partial charge in [-0.15, -0.1) is 18.3 Å². The van der Waals surface area contributed by atoms with Crippen LogP contribution in [0.3, 0.4) is 0 Å². The second-order valence-electron chi connectivity index (χ2n) is 4.30. The van der Waals surface area contributed by atoms with E-state index in [0.717, 1.165) is 10.6 Å². The number of rotatable bonds is 6. The van der Waals surface area contributed by atoms with Crippen molar-refractivity contribution in [1.82, 2.24) is 14.8 Å². The number of hydrogen-bond donors (Lipinski definition) is 2. The van der Waals surface area contributed by atoms with Crippen LogP contribution in [-0.4, -0.2) is 26.9 Å². The molecule has 0 aliphatic heterocycles. The van der Waals surface area contributed by atoms with Crippen molar-refractivity contribution in [3.63, 3.8) is 0 Å². The first-order valence-electron chi connectivity index (χ1n) is 6.33. The van der Waals surface area contributed by atoms with Gasteiger partial charge in [-0.2, -0.15) is 5.10 Å². The first-order chi connectivity index (χ1) is 10.1. The van der Waals surface area contributed by atoms with Crippen molar-refractivity contribution in [2.45, 2.75) is 17.9 Å². The largest absolute Gasteiger partial charge is 0.326 e. The number of aromatic amines is 1. The molecule has 7 heteroatoms. The maximum Gasteiger partial charge on any atom is 0.232 e. The van der Waals surface area contributed by atoms with Gasteiger partial charge in [0.25, 0.3) is 0 Å². The van der Waals surface area contributed by atoms with E-state index in [1.54, 1.807) is 22.4 Å². The van der Waals surface area contributed by atoms with Gasteiger partial charge in [-0.05, 0) is 36.7 Å². The quantitative estimate of drug-likeness (QED) is 0.488. The SMILES string of the molecule is C=CCn1c(CC(=O)Nc2cccc(SC)c2)n[nH]c1=S. The second kappa shape index (κ2) is 7.24. The molecule has 1 aromatic heterocycles. The number of thioether (sulfide) groups is 1. The van der Waals surface area contributed by atoms with Gasteiger partial charge in [-0.25, -0.2) is 0 Å². The van der Waals surface area contributed by atoms with E-state index in [-0.39, 0.29) is 12.3 Å². The summed E-state index contributed by atoms with van der Waals surface area (Å²) in [6, 6.07) is 7.70. The number of allylic oxidation sites excluding steroid dienone is 1. The second-order valence-corrected chi connectivity index (χ2v) is 5.57. The van der Waals surface area contributed by atoms with Crippen LogP contribution in [0.15, 0.2) is 41.8 Å². The Kier molecular flexibility index (Phi) is 5.35. The Labute approximate surface area is 132 Å². The highest BCUT2D eigenvalue weighted by atomic mass is 32.2. The van der Waals surface area contributed by atoms with Crippen molar-refractivity contribution in [2.24, 2.45) is 0 Å². The molecule has 110 valence electrons. The van der Waals surface area contributed by atoms with Crippen LogP contribution in [0.1, 0.15) is 5.82 Å². The van der Waals surface area contributed by atoms with E-state index in [9.17, 15) is 4.79 Å². The Morgan fingerprint density at radius 1 is 1.62 bits per heavy atom. The van der Waals surface area contributed by atoms with Crippen molar-refractivity contribution < 1.29 is 4.79 Å². The molecule has 0 radical (unpaired) electrons. The van der Waals surface area contributed by atoms with Gasteiger partial charge in [0.05, 0.1) is 6.42 Å². The summed E-state index contributed by atoms with van der Waals surface area (Å²) in [5.74, 6) is 0.464. The summed E-state index contributed by atoms with van der Waals surface area (Å²) in [5.41, 5.74) is 0.774. The number of amides is 1. The summed E-state index contributed by atoms with van der Waals surface area (Å²) in [7, 11) is 0. The number of hydrogen-bond acceptors (Lipinski definition) is 4. The zero-order chi connectivity index (χ0) is 15.2. The zero-order valence-corrected chi connectivity index (χ0v) is 13.3. The molecule has 0 saturated heterocycles. The van der Waals surface area contributed by atoms with Gasteiger partial charge >= 0.3 is 0 Å². The summed E-state index contributed by atoms with van der Waals surface area (Å²) in [6.07, 6.45) is 3.87. The minimum atomic E-state index is -0.132. The molecule has 1 aromatic carbocycles. The van der Waals surface area contributed by atoms with E-state index in [4.69, 9.17) is 12.2 Å². The van der Waals surface area contributed by atoms with Crippen LogP contribution in [-0.2, 0) is 17.8 Å². The monoisotopic (exact) mass is 320 g/mol. The van der Waals surface area contributed by atoms with Crippen LogP contribution in [0, 0.1) is 4.77 Å². The average molecular weight is 320 g/mol. The van der Waals surface area contributed by atoms with Gasteiger partial charge in [-0.3, -0.25) is 14.5 Å². The van der Waals surface area contributed by atoms with Gasteiger partial charge in [0, 0.05) is 17.1 Å². The Morgan fingerprint density at radius 3 is 3.14 bits per heavy atom. The molecule has 0 saturated carbocycles. The minimum Gasteiger partial charge on any atom is -0.326 e. The van der Waals surface area contributed by atoms with Gasteiger partial charge in [0.1, 0.15) is 5.82 Å². The average Bonchev–Trinajstić information content (AvgIpc) is 2.81. The lowest BCUT2D eigenvalue weighted by atomic mass is 10.3. The Balaban J connectivity index is 2.08. The van der Waals surface area contributed by atoms with Crippen molar-refractivity contribution in [3.05, 3.63) is 47.5 Å². The summed E-state index contributed by atoms with van der Waals surface area (Å²) in [5, 5.41) is 9.64. The molecule has 1 heterocycles. The van der Waals surface area contributed by atoms with E-state index < -0.39 is 0 Å². The molecular weight excluding hydrogens is 304 g/mol. The fraction of sp³-hybridized carbons (Fsp3) is 0.214. The first-order valence-corrected chi connectivity index (χ1v) is 7.96. The van der Waals surface area contributed by atoms with E-state index in [0.29, 0.717) is 17.1 Å². The number of anilines is 1. The number of nitrogens with one attached hydrogen (secondary N) is 2. The molecule has 2 N–H and O–H groups in total. The number of aromatic nitrogens is 3. The molecule has 2 aromatic rings. The predicted molar refractivity (Wildman–Crippen MR) is 88.2 cm³/mol. The van der Waals surface area contributed by atoms with Crippen LogP contribution >= 0.6 is 24.0 Å². The van der Waals surface area contributed by atoms with Crippen LogP contribution in [0.4, 0.5) is 5.69 Å². The lowest BCUT2D eigenvalue weighted by Gasteiger charge is -2.07. The maximum atomic E-state index is 12.1. The lowest BCUT2D eigenvalue weighted by Crippen LogP contribution is -2.17. The fourth-order valence-corrected chi connectivity index (χ4v) is 2.54. The zero-order valence-electron chi connectivity index (χ0n) is 11.6. The van der Waals surface area contributed by atoms with Crippen molar-refractivity contribution >= 4 is 35.6 Å². The third-order valence-electron chi connectivity index (χ3n) is 2.82. The van der Waals surface area contributed by atoms with Gasteiger partial charge in [-0.1, -0.05) is 12.1 Å². The van der Waals surface area contributed by atoms with Crippen LogP contribution in [0.2, 0.25) is 0 Å². The third kappa shape index (κ3) is 4.05. The minimum absolute atomic E-state index is 0.132. The number of nitrogens with zero attached hydrogens (tertiary/aromatic N) is 2. The maximum absolute atomic E-state index is 12.1. The standard InChI is InChI=1S/C14H16N4OS2/c1-3-7-18-12(16-17-14(18)20)9-13(19)15-10-5-4-6-11(8-10)21-2/h3-6,8H,1,7,9H2,2H3,(H,15,19)(H,17,20). The van der Waals surface area contributed by atoms with E-state index in [1.165, 1.54) is 0 Å². The molecule has 0 atom stereocenters. The van der Waals surface area contributed by atoms with Crippen molar-refractivity contribution in [1.29, 1.82) is 0 Å². The third-order valence-corrected chi connectivity index (χ3v) is 3.86. The van der Waals surface area contributed by atoms with E-state index >= 15 is 0 Å². The number of carbonyl (C=O) groups excluding carboxylic acids is 1. The normalized spacial score (nSPS) is 10.3. The van der Waals surface area contributed by atoms with Crippen LogP contribution < -0.4 is 5.32 Å². The van der Waals surface area contributed by atoms with E-state index in [1.807, 2.05) is 30.5 Å². The summed E-state index contributed by atoms with van der Waals surface area (Å²) < 4.78 is 2.24. The molecule has 0 fully saturated rings. The Bertz CT molecular complexity index is 705. The van der Waals surface area contributed by atoms with Crippen LogP contribution in [0.25, 0.3) is 0 Å². The summed E-state index contributed by atoms with van der Waals surface area (Å²) in [4.78, 5) is 13.2. The topological polar surface area (TPSA) is 62.7 Å². The summed E-state index contributed by atoms with van der Waals surface area (Å²) >= 11 is 6.75. The van der Waals surface area contributed by atoms with Crippen LogP contribution in [0.5, 0.6) is 0 Å². The van der Waals surface area contributed by atoms with Crippen molar-refractivity contribution in [2.75, 3.05) is 11.6 Å². The highest BCUT2D eigenvalue weighted by Crippen LogP contribution is 2.19. The van der Waals surface area contributed by atoms with Gasteiger partial charge < -0.3 is 5.32 Å². The highest BCUT2D eigenvalue weighted by Gasteiger charge is 2.11. The molecule has 21 heavy (non-hydrogen) atoms. The Morgan fingerprint density at radius 2 is 2.43 bits per heavy atom. The van der Waals surface area contributed by atoms with Crippen molar-refractivity contribution in [3.8, 4) is 0 Å². The smallest absolute Gasteiger partial charge is 0.232 e. The number of H-pyrrole nitrogens is 1. The lowest BCUT2D eigenvalue weighted by molar-refractivity contribution is -0.115. The van der Waals surface area contributed by atoms with Gasteiger partial charge in [0.15, 0.2) is 4.77 Å². The Hall–Kier alpha value is -1.86. The number of benzene rings is 1. The van der Waals surface area contributed by atoms with E-state index in [2.05, 4.69) is 22.1 Å². The molecular formula is C14H16N4OS2. The molecule has 0 bridgehead atoms. The molecule has 0 spiro atoms. The first kappa shape index (κ1) is 15.5. The number of carbonyl (C=O) groups is 1. The summed E-state index contributed by atoms with van der Waals surface area (Å²) in [6.45, 7) is 4.20. The molecule has 0 aliphatic carbocycles. The molecule has 0 aliphatic rings. The van der Waals surface area contributed by atoms with Gasteiger partial charge in [0.2, 0.25) is 5.91 Å². The molecule has 5 nitrogen and oxygen atoms in total.